The van der Waals surface area contributed by atoms with Crippen LogP contribution in [0.2, 0.25) is 5.02 Å². The number of carbonyl (C=O) groups is 3. The van der Waals surface area contributed by atoms with Gasteiger partial charge in [0.1, 0.15) is 5.82 Å². The summed E-state index contributed by atoms with van der Waals surface area (Å²) in [5.41, 5.74) is 4.19. The molecule has 0 saturated heterocycles. The van der Waals surface area contributed by atoms with E-state index in [2.05, 4.69) is 22.2 Å². The summed E-state index contributed by atoms with van der Waals surface area (Å²) in [5.74, 6) is 0.512. The van der Waals surface area contributed by atoms with Crippen LogP contribution in [0.5, 0.6) is 0 Å². The first kappa shape index (κ1) is 23.4. The van der Waals surface area contributed by atoms with Crippen LogP contribution >= 0.6 is 22.9 Å². The molecule has 4 rings (SSSR count). The van der Waals surface area contributed by atoms with Gasteiger partial charge in [0.2, 0.25) is 0 Å². The lowest BCUT2D eigenvalue weighted by Crippen LogP contribution is -2.43. The second-order valence-electron chi connectivity index (χ2n) is 8.89. The maximum absolute atomic E-state index is 12.9. The summed E-state index contributed by atoms with van der Waals surface area (Å²) in [5, 5.41) is 7.95. The molecule has 9 heteroatoms. The quantitative estimate of drug-likeness (QED) is 0.569. The summed E-state index contributed by atoms with van der Waals surface area (Å²) in [6.07, 6.45) is 1.72. The number of hydrogen-bond acceptors (Lipinski definition) is 5. The van der Waals surface area contributed by atoms with Gasteiger partial charge >= 0.3 is 6.03 Å². The van der Waals surface area contributed by atoms with Gasteiger partial charge in [-0.15, -0.1) is 11.3 Å². The van der Waals surface area contributed by atoms with Gasteiger partial charge in [-0.3, -0.25) is 14.9 Å². The van der Waals surface area contributed by atoms with Crippen LogP contribution in [-0.4, -0.2) is 33.6 Å². The standard InChI is InChI=1S/C24H27ClN4O3S/c1-12(2)22-14(4)17(25)8-21(27-22)28-24(32)26-9-20-15-10-29(23(31)16(15)11-33-20)18-6-5-13(3)7-19(18)30/h8,11-12,18H,3,5-7,9-10H2,1-2,4H3,(H2,26,27,28,32). The lowest BCUT2D eigenvalue weighted by atomic mass is 9.89. The Morgan fingerprint density at radius 3 is 2.85 bits per heavy atom. The number of carbonyl (C=O) groups excluding carboxylic acids is 3. The maximum atomic E-state index is 12.9. The summed E-state index contributed by atoms with van der Waals surface area (Å²) in [4.78, 5) is 45.0. The van der Waals surface area contributed by atoms with Crippen molar-refractivity contribution in [3.05, 3.63) is 55.9 Å². The van der Waals surface area contributed by atoms with E-state index in [1.807, 2.05) is 26.2 Å². The number of amides is 3. The number of pyridine rings is 1. The van der Waals surface area contributed by atoms with Crippen LogP contribution < -0.4 is 10.6 Å². The number of allylic oxidation sites excluding steroid dienone is 1. The van der Waals surface area contributed by atoms with Crippen molar-refractivity contribution in [2.45, 2.75) is 65.1 Å². The van der Waals surface area contributed by atoms with Gasteiger partial charge in [-0.1, -0.05) is 37.6 Å². The molecule has 1 aliphatic carbocycles. The number of anilines is 1. The first-order valence-corrected chi connectivity index (χ1v) is 12.2. The zero-order valence-corrected chi connectivity index (χ0v) is 20.5. The molecule has 2 aromatic rings. The van der Waals surface area contributed by atoms with Crippen molar-refractivity contribution in [2.24, 2.45) is 0 Å². The smallest absolute Gasteiger partial charge is 0.320 e. The number of thiophene rings is 1. The SMILES string of the molecule is C=C1CCC(N2Cc3c(csc3CNC(=O)Nc3cc(Cl)c(C)c(C(C)C)n3)C2=O)C(=O)C1. The fraction of sp³-hybridized carbons (Fsp3) is 0.417. The minimum atomic E-state index is -0.401. The monoisotopic (exact) mass is 486 g/mol. The third kappa shape index (κ3) is 4.68. The molecule has 1 fully saturated rings. The van der Waals surface area contributed by atoms with E-state index in [1.165, 1.54) is 11.3 Å². The zero-order valence-electron chi connectivity index (χ0n) is 19.0. The average molecular weight is 487 g/mol. The molecule has 1 saturated carbocycles. The van der Waals surface area contributed by atoms with Crippen LogP contribution in [0.1, 0.15) is 71.1 Å². The highest BCUT2D eigenvalue weighted by Crippen LogP contribution is 2.35. The van der Waals surface area contributed by atoms with E-state index in [1.54, 1.807) is 11.0 Å². The van der Waals surface area contributed by atoms with Crippen molar-refractivity contribution in [3.63, 3.8) is 0 Å². The van der Waals surface area contributed by atoms with Crippen molar-refractivity contribution in [1.29, 1.82) is 0 Å². The normalized spacial score (nSPS) is 18.2. The average Bonchev–Trinajstić information content (AvgIpc) is 3.29. The lowest BCUT2D eigenvalue weighted by Gasteiger charge is -2.30. The molecule has 2 N–H and O–H groups in total. The number of urea groups is 1. The Bertz CT molecular complexity index is 1160. The molecular formula is C24H27ClN4O3S. The highest BCUT2D eigenvalue weighted by Gasteiger charge is 2.39. The van der Waals surface area contributed by atoms with E-state index in [0.717, 1.165) is 33.7 Å². The molecule has 0 bridgehead atoms. The molecule has 33 heavy (non-hydrogen) atoms. The second kappa shape index (κ2) is 9.27. The largest absolute Gasteiger partial charge is 0.333 e. The fourth-order valence-corrected chi connectivity index (χ4v) is 5.58. The number of aromatic nitrogens is 1. The Balaban J connectivity index is 1.40. The predicted octanol–water partition coefficient (Wildman–Crippen LogP) is 5.18. The van der Waals surface area contributed by atoms with Gasteiger partial charge in [0.15, 0.2) is 5.78 Å². The van der Waals surface area contributed by atoms with Gasteiger partial charge in [-0.25, -0.2) is 9.78 Å². The first-order valence-electron chi connectivity index (χ1n) is 11.0. The number of hydrogen-bond donors (Lipinski definition) is 2. The summed E-state index contributed by atoms with van der Waals surface area (Å²) in [6, 6.07) is 0.843. The Morgan fingerprint density at radius 2 is 2.15 bits per heavy atom. The number of Topliss-reactive ketones (excluding diaryl/α,β-unsaturated/α-hetero) is 1. The number of halogens is 1. The van der Waals surface area contributed by atoms with Crippen molar-refractivity contribution in [1.82, 2.24) is 15.2 Å². The molecule has 0 radical (unpaired) electrons. The number of ketones is 1. The van der Waals surface area contributed by atoms with Crippen LogP contribution in [0.4, 0.5) is 10.6 Å². The maximum Gasteiger partial charge on any atom is 0.320 e. The molecule has 2 aromatic heterocycles. The Hall–Kier alpha value is -2.71. The first-order chi connectivity index (χ1) is 15.7. The Morgan fingerprint density at radius 1 is 1.39 bits per heavy atom. The fourth-order valence-electron chi connectivity index (χ4n) is 4.40. The van der Waals surface area contributed by atoms with E-state index >= 15 is 0 Å². The summed E-state index contributed by atoms with van der Waals surface area (Å²) in [6.45, 7) is 10.5. The van der Waals surface area contributed by atoms with Crippen molar-refractivity contribution < 1.29 is 14.4 Å². The lowest BCUT2D eigenvalue weighted by molar-refractivity contribution is -0.124. The van der Waals surface area contributed by atoms with E-state index in [4.69, 9.17) is 11.6 Å². The van der Waals surface area contributed by atoms with Crippen LogP contribution in [0, 0.1) is 6.92 Å². The van der Waals surface area contributed by atoms with Crippen molar-refractivity contribution >= 4 is 46.5 Å². The van der Waals surface area contributed by atoms with E-state index in [0.29, 0.717) is 35.8 Å². The van der Waals surface area contributed by atoms with Gasteiger partial charge in [0.25, 0.3) is 5.91 Å². The molecule has 1 aliphatic heterocycles. The van der Waals surface area contributed by atoms with Crippen LogP contribution in [0.25, 0.3) is 0 Å². The minimum absolute atomic E-state index is 0.0532. The third-order valence-corrected chi connectivity index (χ3v) is 7.61. The van der Waals surface area contributed by atoms with Gasteiger partial charge < -0.3 is 10.2 Å². The number of rotatable bonds is 5. The zero-order chi connectivity index (χ0) is 23.9. The molecule has 1 unspecified atom stereocenters. The number of fused-ring (bicyclic) bond motifs is 1. The van der Waals surface area contributed by atoms with E-state index in [-0.39, 0.29) is 24.2 Å². The number of nitrogens with one attached hydrogen (secondary N) is 2. The van der Waals surface area contributed by atoms with Crippen LogP contribution in [-0.2, 0) is 17.9 Å². The van der Waals surface area contributed by atoms with Crippen LogP contribution in [0.3, 0.4) is 0 Å². The van der Waals surface area contributed by atoms with Crippen LogP contribution in [0.15, 0.2) is 23.6 Å². The molecule has 1 atom stereocenters. The van der Waals surface area contributed by atoms with Gasteiger partial charge in [0, 0.05) is 33.9 Å². The highest BCUT2D eigenvalue weighted by molar-refractivity contribution is 7.10. The Labute approximate surface area is 202 Å². The molecule has 3 amide bonds. The highest BCUT2D eigenvalue weighted by atomic mass is 35.5. The predicted molar refractivity (Wildman–Crippen MR) is 130 cm³/mol. The summed E-state index contributed by atoms with van der Waals surface area (Å²) < 4.78 is 0. The van der Waals surface area contributed by atoms with Crippen molar-refractivity contribution in [2.75, 3.05) is 5.32 Å². The van der Waals surface area contributed by atoms with Gasteiger partial charge in [0.05, 0.1) is 18.2 Å². The van der Waals surface area contributed by atoms with E-state index < -0.39 is 12.1 Å². The minimum Gasteiger partial charge on any atom is -0.333 e. The van der Waals surface area contributed by atoms with Crippen molar-refractivity contribution in [3.8, 4) is 0 Å². The second-order valence-corrected chi connectivity index (χ2v) is 10.3. The van der Waals surface area contributed by atoms with Gasteiger partial charge in [-0.2, -0.15) is 0 Å². The molecular weight excluding hydrogens is 460 g/mol. The molecule has 174 valence electrons. The topological polar surface area (TPSA) is 91.4 Å². The summed E-state index contributed by atoms with van der Waals surface area (Å²) in [7, 11) is 0. The third-order valence-electron chi connectivity index (χ3n) is 6.19. The molecule has 0 aromatic carbocycles. The Kier molecular flexibility index (Phi) is 6.59. The molecule has 2 aliphatic rings. The molecule has 7 nitrogen and oxygen atoms in total. The van der Waals surface area contributed by atoms with E-state index in [9.17, 15) is 14.4 Å². The van der Waals surface area contributed by atoms with Gasteiger partial charge in [-0.05, 0) is 42.9 Å². The summed E-state index contributed by atoms with van der Waals surface area (Å²) >= 11 is 7.74. The number of nitrogens with zero attached hydrogens (tertiary/aromatic N) is 2. The molecule has 0 spiro atoms. The molecule has 3 heterocycles.